The first-order valence-electron chi connectivity index (χ1n) is 6.97. The minimum Gasteiger partial charge on any atom is -0.502 e. The second-order valence-corrected chi connectivity index (χ2v) is 6.15. The Morgan fingerprint density at radius 2 is 2.12 bits per heavy atom. The third kappa shape index (κ3) is 2.56. The first-order valence-corrected chi connectivity index (χ1v) is 7.85. The molecule has 122 valence electrons. The molecule has 8 heteroatoms. The van der Waals surface area contributed by atoms with Crippen molar-refractivity contribution in [3.05, 3.63) is 67.3 Å². The summed E-state index contributed by atoms with van der Waals surface area (Å²) in [5, 5.41) is 22.7. The van der Waals surface area contributed by atoms with E-state index in [0.717, 1.165) is 0 Å². The van der Waals surface area contributed by atoms with Crippen molar-refractivity contribution in [2.75, 3.05) is 0 Å². The van der Waals surface area contributed by atoms with Crippen LogP contribution in [0.3, 0.4) is 0 Å². The van der Waals surface area contributed by atoms with Crippen molar-refractivity contribution in [1.29, 1.82) is 0 Å². The van der Waals surface area contributed by atoms with Crippen molar-refractivity contribution < 1.29 is 14.8 Å². The van der Waals surface area contributed by atoms with Gasteiger partial charge in [-0.05, 0) is 23.9 Å². The van der Waals surface area contributed by atoms with Gasteiger partial charge in [-0.2, -0.15) is 0 Å². The Bertz CT molecular complexity index is 1030. The van der Waals surface area contributed by atoms with E-state index < -0.39 is 16.2 Å². The number of fused-ring (bicyclic) bond motifs is 1. The van der Waals surface area contributed by atoms with Crippen LogP contribution in [-0.2, 0) is 6.54 Å². The molecule has 0 saturated heterocycles. The highest BCUT2D eigenvalue weighted by molar-refractivity contribution is 7.17. The molecule has 7 nitrogen and oxygen atoms in total. The lowest BCUT2D eigenvalue weighted by Gasteiger charge is -2.11. The lowest BCUT2D eigenvalue weighted by molar-refractivity contribution is -0.384. The average Bonchev–Trinajstić information content (AvgIpc) is 3.00. The zero-order chi connectivity index (χ0) is 17.4. The van der Waals surface area contributed by atoms with Crippen LogP contribution < -0.4 is 5.56 Å². The highest BCUT2D eigenvalue weighted by Gasteiger charge is 2.20. The highest BCUT2D eigenvalue weighted by Crippen LogP contribution is 2.29. The molecule has 0 aliphatic carbocycles. The molecule has 0 saturated carbocycles. The molecule has 0 aliphatic rings. The quantitative estimate of drug-likeness (QED) is 0.445. The van der Waals surface area contributed by atoms with Crippen molar-refractivity contribution in [2.24, 2.45) is 0 Å². The van der Waals surface area contributed by atoms with E-state index in [9.17, 15) is 24.8 Å². The maximum Gasteiger partial charge on any atom is 0.294 e. The molecule has 1 N–H and O–H groups in total. The van der Waals surface area contributed by atoms with Gasteiger partial charge in [0.25, 0.3) is 11.2 Å². The van der Waals surface area contributed by atoms with Gasteiger partial charge >= 0.3 is 0 Å². The number of rotatable bonds is 4. The molecule has 0 spiro atoms. The fraction of sp³-hybridized carbons (Fsp3) is 0.125. The summed E-state index contributed by atoms with van der Waals surface area (Å²) in [6, 6.07) is 7.62. The standard InChI is InChI=1S/C16H12N2O5S/c1-9(19)13-14(20)16(21)17(12-5-6-24-15(12)13)8-10-3-2-4-11(7-10)18(22)23/h2-7,20H,8H2,1H3. The van der Waals surface area contributed by atoms with Crippen LogP contribution >= 0.6 is 11.3 Å². The lowest BCUT2D eigenvalue weighted by atomic mass is 10.1. The molecule has 0 aliphatic heterocycles. The molecular formula is C16H12N2O5S. The lowest BCUT2D eigenvalue weighted by Crippen LogP contribution is -2.22. The van der Waals surface area contributed by atoms with Crippen molar-refractivity contribution in [2.45, 2.75) is 13.5 Å². The summed E-state index contributed by atoms with van der Waals surface area (Å²) < 4.78 is 1.83. The monoisotopic (exact) mass is 344 g/mol. The molecular weight excluding hydrogens is 332 g/mol. The number of Topliss-reactive ketones (excluding diaryl/α,β-unsaturated/α-hetero) is 1. The van der Waals surface area contributed by atoms with Crippen LogP contribution in [0.25, 0.3) is 10.2 Å². The van der Waals surface area contributed by atoms with Crippen LogP contribution in [0.5, 0.6) is 5.75 Å². The second kappa shape index (κ2) is 5.89. The summed E-state index contributed by atoms with van der Waals surface area (Å²) in [4.78, 5) is 34.6. The number of carbonyl (C=O) groups is 1. The number of nitro groups is 1. The number of hydrogen-bond donors (Lipinski definition) is 1. The number of benzene rings is 1. The zero-order valence-corrected chi connectivity index (χ0v) is 13.4. The number of ketones is 1. The van der Waals surface area contributed by atoms with E-state index in [2.05, 4.69) is 0 Å². The van der Waals surface area contributed by atoms with Crippen molar-refractivity contribution >= 4 is 33.0 Å². The molecule has 0 radical (unpaired) electrons. The van der Waals surface area contributed by atoms with Crippen molar-refractivity contribution in [1.82, 2.24) is 4.57 Å². The predicted octanol–water partition coefficient (Wildman–Crippen LogP) is 2.93. The molecule has 2 aromatic heterocycles. The van der Waals surface area contributed by atoms with Crippen LogP contribution in [0.2, 0.25) is 0 Å². The van der Waals surface area contributed by atoms with Gasteiger partial charge in [-0.1, -0.05) is 12.1 Å². The van der Waals surface area contributed by atoms with Gasteiger partial charge in [0.2, 0.25) is 0 Å². The van der Waals surface area contributed by atoms with Gasteiger partial charge in [0.05, 0.1) is 27.2 Å². The number of thiophene rings is 1. The molecule has 24 heavy (non-hydrogen) atoms. The summed E-state index contributed by atoms with van der Waals surface area (Å²) in [5.74, 6) is -0.984. The van der Waals surface area contributed by atoms with E-state index in [0.29, 0.717) is 15.8 Å². The fourth-order valence-corrected chi connectivity index (χ4v) is 3.58. The minimum atomic E-state index is -0.697. The van der Waals surface area contributed by atoms with E-state index in [1.165, 1.54) is 41.0 Å². The molecule has 1 aromatic carbocycles. The molecule has 0 atom stereocenters. The molecule has 3 rings (SSSR count). The van der Waals surface area contributed by atoms with Crippen LogP contribution in [0.4, 0.5) is 5.69 Å². The number of nitro benzene ring substituents is 1. The van der Waals surface area contributed by atoms with Gasteiger partial charge in [0.15, 0.2) is 11.5 Å². The molecule has 0 bridgehead atoms. The normalized spacial score (nSPS) is 10.9. The number of non-ortho nitro benzene ring substituents is 1. The number of aromatic hydroxyl groups is 1. The number of nitrogens with zero attached hydrogens (tertiary/aromatic N) is 2. The second-order valence-electron chi connectivity index (χ2n) is 5.23. The third-order valence-corrected chi connectivity index (χ3v) is 4.58. The van der Waals surface area contributed by atoms with Gasteiger partial charge in [-0.15, -0.1) is 11.3 Å². The van der Waals surface area contributed by atoms with Gasteiger partial charge in [0.1, 0.15) is 0 Å². The Hall–Kier alpha value is -3.00. The summed E-state index contributed by atoms with van der Waals surface area (Å²) >= 11 is 1.25. The van der Waals surface area contributed by atoms with E-state index in [4.69, 9.17) is 0 Å². The van der Waals surface area contributed by atoms with E-state index in [1.807, 2.05) is 0 Å². The summed E-state index contributed by atoms with van der Waals surface area (Å²) in [6.07, 6.45) is 0. The van der Waals surface area contributed by atoms with Crippen LogP contribution in [0.1, 0.15) is 22.8 Å². The Balaban J connectivity index is 2.19. The average molecular weight is 344 g/mol. The van der Waals surface area contributed by atoms with Gasteiger partial charge in [-0.3, -0.25) is 24.3 Å². The Morgan fingerprint density at radius 3 is 2.79 bits per heavy atom. The molecule has 0 fully saturated rings. The number of carbonyl (C=O) groups excluding carboxylic acids is 1. The molecule has 2 heterocycles. The van der Waals surface area contributed by atoms with Gasteiger partial charge in [0, 0.05) is 12.1 Å². The first kappa shape index (κ1) is 15.9. The van der Waals surface area contributed by atoms with Crippen LogP contribution in [0, 0.1) is 10.1 Å². The van der Waals surface area contributed by atoms with Gasteiger partial charge < -0.3 is 5.11 Å². The first-order chi connectivity index (χ1) is 11.4. The zero-order valence-electron chi connectivity index (χ0n) is 12.6. The summed E-state index contributed by atoms with van der Waals surface area (Å²) in [5.41, 5.74) is 0.304. The molecule has 3 aromatic rings. The number of hydrogen-bond acceptors (Lipinski definition) is 6. The molecule has 0 unspecified atom stereocenters. The smallest absolute Gasteiger partial charge is 0.294 e. The minimum absolute atomic E-state index is 0.0142. The topological polar surface area (TPSA) is 102 Å². The molecule has 0 amide bonds. The Labute approximate surface area is 139 Å². The summed E-state index contributed by atoms with van der Waals surface area (Å²) in [6.45, 7) is 1.35. The number of pyridine rings is 1. The van der Waals surface area contributed by atoms with E-state index >= 15 is 0 Å². The van der Waals surface area contributed by atoms with Gasteiger partial charge in [-0.25, -0.2) is 0 Å². The maximum atomic E-state index is 12.5. The maximum absolute atomic E-state index is 12.5. The largest absolute Gasteiger partial charge is 0.502 e. The number of aromatic nitrogens is 1. The summed E-state index contributed by atoms with van der Waals surface area (Å²) in [7, 11) is 0. The SMILES string of the molecule is CC(=O)c1c(O)c(=O)n(Cc2cccc([N+](=O)[O-])c2)c2ccsc12. The predicted molar refractivity (Wildman–Crippen MR) is 90.0 cm³/mol. The van der Waals surface area contributed by atoms with Crippen molar-refractivity contribution in [3.8, 4) is 5.75 Å². The van der Waals surface area contributed by atoms with E-state index in [1.54, 1.807) is 17.5 Å². The fourth-order valence-electron chi connectivity index (χ4n) is 2.59. The van der Waals surface area contributed by atoms with Crippen LogP contribution in [-0.4, -0.2) is 20.4 Å². The van der Waals surface area contributed by atoms with Crippen LogP contribution in [0.15, 0.2) is 40.5 Å². The Morgan fingerprint density at radius 1 is 1.38 bits per heavy atom. The van der Waals surface area contributed by atoms with Crippen molar-refractivity contribution in [3.63, 3.8) is 0 Å². The Kier molecular flexibility index (Phi) is 3.90. The third-order valence-electron chi connectivity index (χ3n) is 3.66. The van der Waals surface area contributed by atoms with E-state index in [-0.39, 0.29) is 23.6 Å². The highest BCUT2D eigenvalue weighted by atomic mass is 32.1.